The zero-order valence-electron chi connectivity index (χ0n) is 14.2. The van der Waals surface area contributed by atoms with Crippen LogP contribution in [0.3, 0.4) is 0 Å². The van der Waals surface area contributed by atoms with Gasteiger partial charge in [-0.05, 0) is 31.0 Å². The highest BCUT2D eigenvalue weighted by molar-refractivity contribution is 6.32. The third-order valence-electron chi connectivity index (χ3n) is 3.74. The van der Waals surface area contributed by atoms with Gasteiger partial charge >= 0.3 is 0 Å². The number of amides is 2. The molecule has 1 aromatic carbocycles. The van der Waals surface area contributed by atoms with Gasteiger partial charge in [0.1, 0.15) is 23.8 Å². The SMILES string of the molecule is COc1ccc(OCc2cc(C(=O)NCC(=O)NC3CC3)n[nH]2)c(Cl)c1. The maximum atomic E-state index is 12.0. The Bertz CT molecular complexity index is 804. The third kappa shape index (κ3) is 4.89. The first-order valence-electron chi connectivity index (χ1n) is 8.13. The summed E-state index contributed by atoms with van der Waals surface area (Å²) in [6.07, 6.45) is 2.00. The third-order valence-corrected chi connectivity index (χ3v) is 4.03. The van der Waals surface area contributed by atoms with Crippen molar-refractivity contribution in [1.82, 2.24) is 20.8 Å². The molecule has 2 amide bonds. The molecule has 0 saturated heterocycles. The fourth-order valence-electron chi connectivity index (χ4n) is 2.19. The highest BCUT2D eigenvalue weighted by Gasteiger charge is 2.23. The fraction of sp³-hybridized carbons (Fsp3) is 0.353. The van der Waals surface area contributed by atoms with Gasteiger partial charge < -0.3 is 20.1 Å². The second-order valence-electron chi connectivity index (χ2n) is 5.89. The first-order valence-corrected chi connectivity index (χ1v) is 8.51. The van der Waals surface area contributed by atoms with Crippen LogP contribution in [0.5, 0.6) is 11.5 Å². The summed E-state index contributed by atoms with van der Waals surface area (Å²) >= 11 is 6.11. The van der Waals surface area contributed by atoms with E-state index in [9.17, 15) is 9.59 Å². The first kappa shape index (κ1) is 18.1. The Labute approximate surface area is 155 Å². The van der Waals surface area contributed by atoms with Crippen molar-refractivity contribution < 1.29 is 19.1 Å². The molecule has 3 rings (SSSR count). The molecule has 0 radical (unpaired) electrons. The molecule has 0 spiro atoms. The summed E-state index contributed by atoms with van der Waals surface area (Å²) in [5.74, 6) is 0.494. The van der Waals surface area contributed by atoms with Crippen molar-refractivity contribution in [2.45, 2.75) is 25.5 Å². The Morgan fingerprint density at radius 1 is 1.35 bits per heavy atom. The predicted octanol–water partition coefficient (Wildman–Crippen LogP) is 1.66. The van der Waals surface area contributed by atoms with Crippen LogP contribution in [0.4, 0.5) is 0 Å². The van der Waals surface area contributed by atoms with E-state index in [-0.39, 0.29) is 30.8 Å². The molecule has 1 heterocycles. The Morgan fingerprint density at radius 3 is 2.85 bits per heavy atom. The molecule has 1 aliphatic rings. The molecule has 1 aromatic heterocycles. The van der Waals surface area contributed by atoms with Crippen molar-refractivity contribution in [3.8, 4) is 11.5 Å². The van der Waals surface area contributed by atoms with Gasteiger partial charge in [0, 0.05) is 12.1 Å². The molecule has 2 aromatic rings. The molecular weight excluding hydrogens is 360 g/mol. The monoisotopic (exact) mass is 378 g/mol. The van der Waals surface area contributed by atoms with Gasteiger partial charge in [-0.3, -0.25) is 14.7 Å². The van der Waals surface area contributed by atoms with Crippen LogP contribution in [-0.4, -0.2) is 41.7 Å². The maximum absolute atomic E-state index is 12.0. The van der Waals surface area contributed by atoms with Crippen molar-refractivity contribution >= 4 is 23.4 Å². The van der Waals surface area contributed by atoms with Gasteiger partial charge in [-0.15, -0.1) is 0 Å². The van der Waals surface area contributed by atoms with Gasteiger partial charge in [0.2, 0.25) is 5.91 Å². The van der Waals surface area contributed by atoms with Crippen molar-refractivity contribution in [3.05, 3.63) is 40.7 Å². The number of benzene rings is 1. The van der Waals surface area contributed by atoms with Crippen molar-refractivity contribution in [3.63, 3.8) is 0 Å². The number of aromatic nitrogens is 2. The molecule has 9 heteroatoms. The molecule has 1 saturated carbocycles. The minimum atomic E-state index is -0.430. The minimum Gasteiger partial charge on any atom is -0.497 e. The van der Waals surface area contributed by atoms with Gasteiger partial charge in [0.05, 0.1) is 24.4 Å². The van der Waals surface area contributed by atoms with Crippen molar-refractivity contribution in [1.29, 1.82) is 0 Å². The van der Waals surface area contributed by atoms with Crippen LogP contribution in [-0.2, 0) is 11.4 Å². The van der Waals surface area contributed by atoms with Crippen LogP contribution in [0.1, 0.15) is 29.0 Å². The molecular formula is C17H19ClN4O4. The molecule has 138 valence electrons. The van der Waals surface area contributed by atoms with E-state index < -0.39 is 5.91 Å². The Balaban J connectivity index is 1.49. The molecule has 1 aliphatic carbocycles. The van der Waals surface area contributed by atoms with Crippen molar-refractivity contribution in [2.75, 3.05) is 13.7 Å². The Hall–Kier alpha value is -2.74. The second kappa shape index (κ2) is 8.09. The molecule has 8 nitrogen and oxygen atoms in total. The smallest absolute Gasteiger partial charge is 0.272 e. The number of nitrogens with one attached hydrogen (secondary N) is 3. The Morgan fingerprint density at radius 2 is 2.15 bits per heavy atom. The van der Waals surface area contributed by atoms with Crippen LogP contribution in [0.15, 0.2) is 24.3 Å². The molecule has 0 aliphatic heterocycles. The molecule has 1 fully saturated rings. The largest absolute Gasteiger partial charge is 0.497 e. The zero-order valence-corrected chi connectivity index (χ0v) is 14.9. The topological polar surface area (TPSA) is 105 Å². The second-order valence-corrected chi connectivity index (χ2v) is 6.30. The zero-order chi connectivity index (χ0) is 18.5. The fourth-order valence-corrected chi connectivity index (χ4v) is 2.42. The standard InChI is InChI=1S/C17H19ClN4O4/c1-25-12-4-5-15(13(18)7-12)26-9-11-6-14(22-21-11)17(24)19-8-16(23)20-10-2-3-10/h4-7,10H,2-3,8-9H2,1H3,(H,19,24)(H,20,23)(H,21,22). The van der Waals surface area contributed by atoms with Gasteiger partial charge in [0.15, 0.2) is 0 Å². The highest BCUT2D eigenvalue weighted by Crippen LogP contribution is 2.29. The summed E-state index contributed by atoms with van der Waals surface area (Å²) in [6.45, 7) is 0.0873. The maximum Gasteiger partial charge on any atom is 0.272 e. The van der Waals surface area contributed by atoms with Crippen LogP contribution < -0.4 is 20.1 Å². The van der Waals surface area contributed by atoms with Crippen LogP contribution in [0.2, 0.25) is 5.02 Å². The average Bonchev–Trinajstić information content (AvgIpc) is 3.31. The number of aromatic amines is 1. The summed E-state index contributed by atoms with van der Waals surface area (Å²) in [7, 11) is 1.55. The van der Waals surface area contributed by atoms with E-state index in [0.29, 0.717) is 22.2 Å². The summed E-state index contributed by atoms with van der Waals surface area (Å²) in [4.78, 5) is 23.6. The minimum absolute atomic E-state index is 0.0739. The summed E-state index contributed by atoms with van der Waals surface area (Å²) < 4.78 is 10.7. The number of carbonyl (C=O) groups excluding carboxylic acids is 2. The normalized spacial score (nSPS) is 13.2. The van der Waals surface area contributed by atoms with E-state index in [0.717, 1.165) is 12.8 Å². The van der Waals surface area contributed by atoms with E-state index in [1.165, 1.54) is 0 Å². The molecule has 0 unspecified atom stereocenters. The van der Waals surface area contributed by atoms with Crippen molar-refractivity contribution in [2.24, 2.45) is 0 Å². The van der Waals surface area contributed by atoms with Gasteiger partial charge in [-0.1, -0.05) is 11.6 Å². The number of hydrogen-bond donors (Lipinski definition) is 3. The number of nitrogens with zero attached hydrogens (tertiary/aromatic N) is 1. The van der Waals surface area contributed by atoms with E-state index >= 15 is 0 Å². The number of carbonyl (C=O) groups is 2. The highest BCUT2D eigenvalue weighted by atomic mass is 35.5. The van der Waals surface area contributed by atoms with Crippen LogP contribution >= 0.6 is 11.6 Å². The van der Waals surface area contributed by atoms with E-state index in [1.54, 1.807) is 31.4 Å². The summed E-state index contributed by atoms with van der Waals surface area (Å²) in [6, 6.07) is 6.91. The van der Waals surface area contributed by atoms with Crippen LogP contribution in [0, 0.1) is 0 Å². The van der Waals surface area contributed by atoms with Crippen LogP contribution in [0.25, 0.3) is 0 Å². The van der Waals surface area contributed by atoms with Gasteiger partial charge in [-0.2, -0.15) is 5.10 Å². The van der Waals surface area contributed by atoms with E-state index in [2.05, 4.69) is 20.8 Å². The quantitative estimate of drug-likeness (QED) is 0.647. The lowest BCUT2D eigenvalue weighted by atomic mass is 10.3. The first-order chi connectivity index (χ1) is 12.5. The lowest BCUT2D eigenvalue weighted by Crippen LogP contribution is -2.37. The molecule has 26 heavy (non-hydrogen) atoms. The van der Waals surface area contributed by atoms with Gasteiger partial charge in [-0.25, -0.2) is 0 Å². The van der Waals surface area contributed by atoms with E-state index in [4.69, 9.17) is 21.1 Å². The molecule has 0 atom stereocenters. The number of H-pyrrole nitrogens is 1. The lowest BCUT2D eigenvalue weighted by molar-refractivity contribution is -0.120. The number of ether oxygens (including phenoxy) is 2. The molecule has 0 bridgehead atoms. The number of hydrogen-bond acceptors (Lipinski definition) is 5. The number of methoxy groups -OCH3 is 1. The van der Waals surface area contributed by atoms with Gasteiger partial charge in [0.25, 0.3) is 5.91 Å². The summed E-state index contributed by atoms with van der Waals surface area (Å²) in [5.41, 5.74) is 0.785. The number of halogens is 1. The van der Waals surface area contributed by atoms with E-state index in [1.807, 2.05) is 0 Å². The lowest BCUT2D eigenvalue weighted by Gasteiger charge is -2.08. The number of rotatable bonds is 8. The Kier molecular flexibility index (Phi) is 5.62. The average molecular weight is 379 g/mol. The summed E-state index contributed by atoms with van der Waals surface area (Å²) in [5, 5.41) is 12.4. The predicted molar refractivity (Wildman–Crippen MR) is 94.4 cm³/mol. The molecule has 3 N–H and O–H groups in total.